The molecule has 28 heavy (non-hydrogen) atoms. The summed E-state index contributed by atoms with van der Waals surface area (Å²) in [5.41, 5.74) is 1.20. The van der Waals surface area contributed by atoms with Crippen molar-refractivity contribution in [3.05, 3.63) is 71.8 Å². The minimum atomic E-state index is -1.79. The monoisotopic (exact) mass is 760 g/mol. The first-order chi connectivity index (χ1) is 13.7. The average Bonchev–Trinajstić information content (AvgIpc) is 2.76. The maximum atomic E-state index is 11.9. The molecule has 0 aromatic heterocycles. The van der Waals surface area contributed by atoms with Crippen molar-refractivity contribution in [3.8, 4) is 0 Å². The zero-order valence-electron chi connectivity index (χ0n) is 15.6. The fourth-order valence-electron chi connectivity index (χ4n) is 2.80. The molecule has 2 aromatic carbocycles. The molecule has 6 nitrogen and oxygen atoms in total. The SMILES string of the molecule is O=C([O][Hg][CH2]C1COC([CH2][Hg][O]C(=O)c2ccccc2)CO1)c1ccccc1. The number of hydrogen-bond donors (Lipinski definition) is 0. The van der Waals surface area contributed by atoms with Gasteiger partial charge in [0.25, 0.3) is 0 Å². The average molecular weight is 758 g/mol. The summed E-state index contributed by atoms with van der Waals surface area (Å²) in [7, 11) is 0. The first-order valence-electron chi connectivity index (χ1n) is 9.40. The Balaban J connectivity index is 1.27. The van der Waals surface area contributed by atoms with E-state index in [1.165, 1.54) is 0 Å². The molecule has 0 radical (unpaired) electrons. The molecule has 0 N–H and O–H groups in total. The number of carbonyl (C=O) groups is 2. The maximum absolute atomic E-state index is 11.9. The summed E-state index contributed by atoms with van der Waals surface area (Å²) in [4.78, 5) is 23.9. The Hall–Kier alpha value is -0.830. The predicted octanol–water partition coefficient (Wildman–Crippen LogP) is 3.32. The fraction of sp³-hybridized carbons (Fsp3) is 0.300. The number of benzene rings is 2. The van der Waals surface area contributed by atoms with Crippen LogP contribution in [0.4, 0.5) is 0 Å². The van der Waals surface area contributed by atoms with Gasteiger partial charge in [-0.25, -0.2) is 0 Å². The summed E-state index contributed by atoms with van der Waals surface area (Å²) in [6, 6.07) is 18.1. The number of carbonyl (C=O) groups excluding carboxylic acids is 2. The molecule has 1 aliphatic heterocycles. The Labute approximate surface area is 190 Å². The van der Waals surface area contributed by atoms with Crippen LogP contribution in [0.2, 0.25) is 7.86 Å². The quantitative estimate of drug-likeness (QED) is 0.386. The van der Waals surface area contributed by atoms with Crippen LogP contribution in [0, 0.1) is 0 Å². The molecule has 140 valence electrons. The van der Waals surface area contributed by atoms with E-state index in [2.05, 4.69) is 0 Å². The molecule has 2 atom stereocenters. The van der Waals surface area contributed by atoms with E-state index in [4.69, 9.17) is 14.8 Å². The molecule has 3 rings (SSSR count). The summed E-state index contributed by atoms with van der Waals surface area (Å²) in [6.07, 6.45) is 0.0371. The Morgan fingerprint density at radius 3 is 1.50 bits per heavy atom. The van der Waals surface area contributed by atoms with Gasteiger partial charge in [-0.1, -0.05) is 0 Å². The van der Waals surface area contributed by atoms with Crippen LogP contribution in [-0.4, -0.2) is 37.4 Å². The van der Waals surface area contributed by atoms with Gasteiger partial charge in [-0.15, -0.1) is 0 Å². The second-order valence-corrected chi connectivity index (χ2v) is 16.4. The summed E-state index contributed by atoms with van der Waals surface area (Å²) in [6.45, 7) is 1.04. The second-order valence-electron chi connectivity index (χ2n) is 6.49. The Bertz CT molecular complexity index is 682. The molecule has 1 fully saturated rings. The van der Waals surface area contributed by atoms with Crippen LogP contribution in [0.5, 0.6) is 0 Å². The van der Waals surface area contributed by atoms with E-state index in [-0.39, 0.29) is 24.1 Å². The van der Waals surface area contributed by atoms with Crippen molar-refractivity contribution >= 4 is 11.9 Å². The summed E-state index contributed by atoms with van der Waals surface area (Å²) in [5.74, 6) is -0.460. The van der Waals surface area contributed by atoms with Crippen molar-refractivity contribution in [2.24, 2.45) is 0 Å². The zero-order valence-corrected chi connectivity index (χ0v) is 26.6. The van der Waals surface area contributed by atoms with E-state index < -0.39 is 50.1 Å². The molecule has 2 aromatic rings. The van der Waals surface area contributed by atoms with Crippen LogP contribution < -0.4 is 0 Å². The molecule has 0 bridgehead atoms. The van der Waals surface area contributed by atoms with E-state index >= 15 is 0 Å². The van der Waals surface area contributed by atoms with E-state index in [9.17, 15) is 9.59 Å². The van der Waals surface area contributed by atoms with Crippen LogP contribution in [-0.2, 0) is 64.8 Å². The van der Waals surface area contributed by atoms with Gasteiger partial charge in [0, 0.05) is 0 Å². The molecule has 0 aliphatic carbocycles. The van der Waals surface area contributed by atoms with Gasteiger partial charge in [0.15, 0.2) is 0 Å². The molecule has 0 amide bonds. The van der Waals surface area contributed by atoms with Crippen molar-refractivity contribution in [1.29, 1.82) is 0 Å². The Kier molecular flexibility index (Phi) is 9.37. The van der Waals surface area contributed by atoms with Crippen molar-refractivity contribution in [2.75, 3.05) is 13.2 Å². The molecule has 0 saturated carbocycles. The van der Waals surface area contributed by atoms with Crippen LogP contribution in [0.15, 0.2) is 60.7 Å². The van der Waals surface area contributed by atoms with Crippen molar-refractivity contribution in [3.63, 3.8) is 0 Å². The minimum absolute atomic E-state index is 0.0185. The summed E-state index contributed by atoms with van der Waals surface area (Å²) in [5, 5.41) is 0. The zero-order chi connectivity index (χ0) is 19.6. The van der Waals surface area contributed by atoms with Gasteiger partial charge >= 0.3 is 191 Å². The second kappa shape index (κ2) is 12.0. The van der Waals surface area contributed by atoms with Crippen molar-refractivity contribution < 1.29 is 74.4 Å². The topological polar surface area (TPSA) is 71.1 Å². The number of rotatable bonds is 8. The van der Waals surface area contributed by atoms with Crippen molar-refractivity contribution in [1.82, 2.24) is 0 Å². The Morgan fingerprint density at radius 1 is 0.750 bits per heavy atom. The standard InChI is InChI=1S/2C7H6O2.C6H10O2.2Hg/c2*8-7(9)6-4-2-1-3-5-6;1-5-3-8-6(2)4-7-5;;/h2*1-5H,(H,8,9);5-6H,1-4H2;;/q;;;2*+1/p-2. The van der Waals surface area contributed by atoms with E-state index in [0.29, 0.717) is 24.3 Å². The normalized spacial score (nSPS) is 18.4. The number of hydrogen-bond acceptors (Lipinski definition) is 6. The van der Waals surface area contributed by atoms with Crippen LogP contribution in [0.25, 0.3) is 0 Å². The van der Waals surface area contributed by atoms with Crippen LogP contribution >= 0.6 is 0 Å². The third kappa shape index (κ3) is 7.21. The summed E-state index contributed by atoms with van der Waals surface area (Å²) < 4.78 is 24.3. The third-order valence-corrected chi connectivity index (χ3v) is 14.9. The molecular weight excluding hydrogens is 737 g/mol. The molecular formula is C20H20Hg2O6. The van der Waals surface area contributed by atoms with E-state index in [0.717, 1.165) is 7.86 Å². The van der Waals surface area contributed by atoms with Gasteiger partial charge in [0.1, 0.15) is 0 Å². The van der Waals surface area contributed by atoms with Gasteiger partial charge in [0.05, 0.1) is 0 Å². The first-order valence-corrected chi connectivity index (χ1v) is 21.7. The van der Waals surface area contributed by atoms with Crippen LogP contribution in [0.3, 0.4) is 0 Å². The molecule has 1 heterocycles. The van der Waals surface area contributed by atoms with Gasteiger partial charge in [-0.3, -0.25) is 0 Å². The molecule has 1 saturated heterocycles. The number of ether oxygens (including phenoxy) is 2. The molecule has 0 spiro atoms. The van der Waals surface area contributed by atoms with Crippen molar-refractivity contribution in [2.45, 2.75) is 20.1 Å². The van der Waals surface area contributed by atoms with Gasteiger partial charge in [0.2, 0.25) is 0 Å². The predicted molar refractivity (Wildman–Crippen MR) is 92.8 cm³/mol. The third-order valence-electron chi connectivity index (χ3n) is 4.40. The molecule has 8 heteroatoms. The molecule has 1 aliphatic rings. The van der Waals surface area contributed by atoms with Crippen LogP contribution in [0.1, 0.15) is 20.7 Å². The fourth-order valence-corrected chi connectivity index (χ4v) is 11.1. The van der Waals surface area contributed by atoms with Gasteiger partial charge in [-0.05, 0) is 0 Å². The van der Waals surface area contributed by atoms with Gasteiger partial charge < -0.3 is 0 Å². The van der Waals surface area contributed by atoms with E-state index in [1.54, 1.807) is 24.3 Å². The Morgan fingerprint density at radius 2 is 1.14 bits per heavy atom. The van der Waals surface area contributed by atoms with Gasteiger partial charge in [-0.2, -0.15) is 0 Å². The molecule has 2 unspecified atom stereocenters. The first kappa shape index (κ1) is 21.9. The summed E-state index contributed by atoms with van der Waals surface area (Å²) >= 11 is -3.58. The van der Waals surface area contributed by atoms with E-state index in [1.807, 2.05) is 36.4 Å².